The molecule has 1 aromatic rings. The molecule has 0 aromatic heterocycles. The molecule has 2 nitrogen and oxygen atoms in total. The van der Waals surface area contributed by atoms with E-state index in [0.717, 1.165) is 24.0 Å². The van der Waals surface area contributed by atoms with Crippen molar-refractivity contribution in [3.8, 4) is 5.75 Å². The van der Waals surface area contributed by atoms with Crippen LogP contribution in [0.25, 0.3) is 6.08 Å². The fourth-order valence-electron chi connectivity index (χ4n) is 4.87. The Balaban J connectivity index is 1.93. The van der Waals surface area contributed by atoms with Crippen molar-refractivity contribution < 1.29 is 9.53 Å². The van der Waals surface area contributed by atoms with Gasteiger partial charge in [-0.05, 0) is 101 Å². The number of carbonyl (C=O) groups is 1. The number of ether oxygens (including phenoxy) is 1. The van der Waals surface area contributed by atoms with Crippen molar-refractivity contribution in [3.05, 3.63) is 119 Å². The molecule has 0 fully saturated rings. The molecule has 0 spiro atoms. The second-order valence-corrected chi connectivity index (χ2v) is 12.3. The van der Waals surface area contributed by atoms with Crippen molar-refractivity contribution >= 4 is 12.0 Å². The van der Waals surface area contributed by atoms with Gasteiger partial charge in [0.15, 0.2) is 0 Å². The van der Waals surface area contributed by atoms with Gasteiger partial charge in [-0.3, -0.25) is 0 Å². The summed E-state index contributed by atoms with van der Waals surface area (Å²) in [5, 5.41) is 0. The van der Waals surface area contributed by atoms with E-state index in [-0.39, 0.29) is 16.8 Å². The van der Waals surface area contributed by atoms with Gasteiger partial charge in [-0.1, -0.05) is 104 Å². The van der Waals surface area contributed by atoms with E-state index in [2.05, 4.69) is 91.5 Å². The van der Waals surface area contributed by atoms with Crippen molar-refractivity contribution in [1.82, 2.24) is 0 Å². The third-order valence-electron chi connectivity index (χ3n) is 7.58. The van der Waals surface area contributed by atoms with Gasteiger partial charge in [0, 0.05) is 11.5 Å². The Morgan fingerprint density at radius 3 is 2.38 bits per heavy atom. The second-order valence-electron chi connectivity index (χ2n) is 12.3. The van der Waals surface area contributed by atoms with E-state index < -0.39 is 0 Å². The topological polar surface area (TPSA) is 26.3 Å². The van der Waals surface area contributed by atoms with E-state index in [4.69, 9.17) is 4.74 Å². The molecule has 0 saturated carbocycles. The van der Waals surface area contributed by atoms with Gasteiger partial charge in [0.25, 0.3) is 0 Å². The Morgan fingerprint density at radius 1 is 1.05 bits per heavy atom. The van der Waals surface area contributed by atoms with Crippen LogP contribution in [0.4, 0.5) is 0 Å². The van der Waals surface area contributed by atoms with Crippen LogP contribution < -0.4 is 4.74 Å². The summed E-state index contributed by atoms with van der Waals surface area (Å²) >= 11 is 0. The van der Waals surface area contributed by atoms with Crippen molar-refractivity contribution in [1.29, 1.82) is 0 Å². The fourth-order valence-corrected chi connectivity index (χ4v) is 4.87. The van der Waals surface area contributed by atoms with Gasteiger partial charge >= 0.3 is 5.97 Å². The van der Waals surface area contributed by atoms with Crippen molar-refractivity contribution in [2.24, 2.45) is 10.8 Å². The standard InChI is InChI=1S/C38H50O2/c1-10-38(9,26-12-14-29(2)3)27-24-33-19-21-34(22-20-33)40-36(39)28-31(5)16-11-15-30(4)18-23-35-32(6)17-13-25-37(35,7)8/h10-11,14-16,18-24,27-28H,1,12-13,17,25-26H2,2-9H3/b16-11+,23-18+,27-24+,30-15+,31-28-/t38-/m1/s1. The Morgan fingerprint density at radius 2 is 1.75 bits per heavy atom. The van der Waals surface area contributed by atoms with Crippen LogP contribution in [-0.2, 0) is 4.79 Å². The monoisotopic (exact) mass is 538 g/mol. The minimum atomic E-state index is -0.383. The normalized spacial score (nSPS) is 17.9. The smallest absolute Gasteiger partial charge is 0.336 e. The quantitative estimate of drug-likeness (QED) is 0.0869. The summed E-state index contributed by atoms with van der Waals surface area (Å²) in [5.41, 5.74) is 7.53. The Labute approximate surface area is 244 Å². The number of esters is 1. The predicted octanol–water partition coefficient (Wildman–Crippen LogP) is 11.1. The van der Waals surface area contributed by atoms with Gasteiger partial charge in [-0.2, -0.15) is 0 Å². The first-order valence-corrected chi connectivity index (χ1v) is 14.5. The van der Waals surface area contributed by atoms with Crippen LogP contribution in [0.5, 0.6) is 5.75 Å². The third-order valence-corrected chi connectivity index (χ3v) is 7.58. The fraction of sp³-hybridized carbons (Fsp3) is 0.395. The lowest BCUT2D eigenvalue weighted by atomic mass is 9.72. The van der Waals surface area contributed by atoms with E-state index >= 15 is 0 Å². The highest BCUT2D eigenvalue weighted by molar-refractivity contribution is 5.85. The molecule has 2 rings (SSSR count). The van der Waals surface area contributed by atoms with Gasteiger partial charge in [-0.15, -0.1) is 6.58 Å². The Kier molecular flexibility index (Phi) is 12.6. The summed E-state index contributed by atoms with van der Waals surface area (Å²) in [6, 6.07) is 7.58. The summed E-state index contributed by atoms with van der Waals surface area (Å²) in [7, 11) is 0. The molecule has 0 bridgehead atoms. The molecule has 1 atom stereocenters. The molecule has 2 heteroatoms. The van der Waals surface area contributed by atoms with E-state index in [1.54, 1.807) is 0 Å². The maximum atomic E-state index is 12.4. The molecule has 0 radical (unpaired) electrons. The van der Waals surface area contributed by atoms with Crippen molar-refractivity contribution in [3.63, 3.8) is 0 Å². The maximum absolute atomic E-state index is 12.4. The van der Waals surface area contributed by atoms with Crippen LogP contribution in [0.2, 0.25) is 0 Å². The summed E-state index contributed by atoms with van der Waals surface area (Å²) < 4.78 is 5.52. The van der Waals surface area contributed by atoms with E-state index in [9.17, 15) is 4.79 Å². The lowest BCUT2D eigenvalue weighted by molar-refractivity contribution is -0.129. The molecule has 0 N–H and O–H groups in total. The number of allylic oxidation sites excluding steroid dienone is 13. The van der Waals surface area contributed by atoms with Crippen LogP contribution in [-0.4, -0.2) is 5.97 Å². The molecular formula is C38H50O2. The number of rotatable bonds is 12. The molecular weight excluding hydrogens is 488 g/mol. The van der Waals surface area contributed by atoms with Crippen LogP contribution in [0.1, 0.15) is 93.1 Å². The van der Waals surface area contributed by atoms with Crippen LogP contribution in [0.3, 0.4) is 0 Å². The van der Waals surface area contributed by atoms with Crippen LogP contribution >= 0.6 is 0 Å². The minimum Gasteiger partial charge on any atom is -0.423 e. The molecule has 0 saturated heterocycles. The van der Waals surface area contributed by atoms with E-state index in [0.29, 0.717) is 5.75 Å². The van der Waals surface area contributed by atoms with Crippen LogP contribution in [0, 0.1) is 10.8 Å². The molecule has 0 heterocycles. The molecule has 0 aliphatic heterocycles. The number of benzene rings is 1. The average Bonchev–Trinajstić information content (AvgIpc) is 2.87. The summed E-state index contributed by atoms with van der Waals surface area (Å²) in [6.07, 6.45) is 26.3. The first kappa shape index (κ1) is 32.8. The molecule has 214 valence electrons. The van der Waals surface area contributed by atoms with E-state index in [1.165, 1.54) is 47.6 Å². The number of carbonyl (C=O) groups excluding carboxylic acids is 1. The van der Waals surface area contributed by atoms with Gasteiger partial charge in [0.2, 0.25) is 0 Å². The van der Waals surface area contributed by atoms with Crippen molar-refractivity contribution in [2.75, 3.05) is 0 Å². The molecule has 0 unspecified atom stereocenters. The zero-order valence-electron chi connectivity index (χ0n) is 26.1. The van der Waals surface area contributed by atoms with E-state index in [1.807, 2.05) is 49.4 Å². The number of hydrogen-bond acceptors (Lipinski definition) is 2. The summed E-state index contributed by atoms with van der Waals surface area (Å²) in [6.45, 7) is 21.4. The van der Waals surface area contributed by atoms with Gasteiger partial charge in [-0.25, -0.2) is 4.79 Å². The third kappa shape index (κ3) is 11.4. The molecule has 1 aromatic carbocycles. The molecule has 1 aliphatic rings. The largest absolute Gasteiger partial charge is 0.423 e. The SMILES string of the molecule is C=C[C@@](C)(/C=C/c1ccc(OC(=O)\C=C(C)/C=C/C=C(C)/C=C/C2=C(C)CCCC2(C)C)cc1)CCC=C(C)C. The maximum Gasteiger partial charge on any atom is 0.336 e. The highest BCUT2D eigenvalue weighted by Gasteiger charge is 2.26. The van der Waals surface area contributed by atoms with Crippen molar-refractivity contribution in [2.45, 2.75) is 87.5 Å². The first-order valence-electron chi connectivity index (χ1n) is 14.5. The van der Waals surface area contributed by atoms with Gasteiger partial charge in [0.05, 0.1) is 0 Å². The molecule has 1 aliphatic carbocycles. The zero-order valence-corrected chi connectivity index (χ0v) is 26.1. The minimum absolute atomic E-state index is 0.0696. The zero-order chi connectivity index (χ0) is 29.8. The Bertz CT molecular complexity index is 1230. The lowest BCUT2D eigenvalue weighted by Crippen LogP contribution is -2.19. The van der Waals surface area contributed by atoms with Crippen LogP contribution in [0.15, 0.2) is 113 Å². The molecule has 0 amide bonds. The second kappa shape index (κ2) is 15.4. The van der Waals surface area contributed by atoms with Gasteiger partial charge in [0.1, 0.15) is 5.75 Å². The first-order chi connectivity index (χ1) is 18.8. The Hall–Kier alpha value is -3.39. The average molecular weight is 539 g/mol. The molecule has 40 heavy (non-hydrogen) atoms. The summed E-state index contributed by atoms with van der Waals surface area (Å²) in [4.78, 5) is 12.4. The predicted molar refractivity (Wildman–Crippen MR) is 174 cm³/mol. The van der Waals surface area contributed by atoms with Gasteiger partial charge < -0.3 is 4.74 Å². The summed E-state index contributed by atoms with van der Waals surface area (Å²) in [5.74, 6) is 0.146. The highest BCUT2D eigenvalue weighted by Crippen LogP contribution is 2.40. The lowest BCUT2D eigenvalue weighted by Gasteiger charge is -2.32. The number of hydrogen-bond donors (Lipinski definition) is 0. The highest BCUT2D eigenvalue weighted by atomic mass is 16.5.